The number of carbonyl (C=O) groups is 1. The van der Waals surface area contributed by atoms with Gasteiger partial charge in [-0.05, 0) is 50.1 Å². The van der Waals surface area contributed by atoms with Crippen molar-refractivity contribution in [3.8, 4) is 0 Å². The summed E-state index contributed by atoms with van der Waals surface area (Å²) in [5.74, 6) is 0. The first-order chi connectivity index (χ1) is 9.31. The van der Waals surface area contributed by atoms with E-state index in [1.54, 1.807) is 16.2 Å². The second kappa shape index (κ2) is 5.74. The van der Waals surface area contributed by atoms with Crippen LogP contribution < -0.4 is 0 Å². The molecule has 0 spiro atoms. The molecule has 1 aromatic rings. The predicted octanol–water partition coefficient (Wildman–Crippen LogP) is 2.96. The molecule has 1 unspecified atom stereocenters. The maximum absolute atomic E-state index is 12.1. The minimum atomic E-state index is -0.460. The molecule has 0 saturated heterocycles. The number of rotatable bonds is 2. The van der Waals surface area contributed by atoms with Gasteiger partial charge < -0.3 is 14.7 Å². The number of aliphatic hydroxyl groups is 1. The predicted molar refractivity (Wildman–Crippen MR) is 80.1 cm³/mol. The summed E-state index contributed by atoms with van der Waals surface area (Å²) in [7, 11) is 1.81. The molecule has 0 radical (unpaired) electrons. The number of amides is 1. The number of nitrogens with zero attached hydrogens (tertiary/aromatic N) is 1. The van der Waals surface area contributed by atoms with Gasteiger partial charge in [0.15, 0.2) is 0 Å². The number of carbonyl (C=O) groups excluding carboxylic acids is 1. The van der Waals surface area contributed by atoms with Crippen molar-refractivity contribution in [3.05, 3.63) is 21.4 Å². The van der Waals surface area contributed by atoms with Gasteiger partial charge in [0.25, 0.3) is 0 Å². The maximum Gasteiger partial charge on any atom is 0.410 e. The standard InChI is InChI=1S/C15H23NO3S/c1-15(2,3)19-14(18)16(4)11-5-6-12-10(8-17)9-20-13(12)7-11/h9,11,17H,5-8H2,1-4H3. The molecule has 20 heavy (non-hydrogen) atoms. The van der Waals surface area contributed by atoms with E-state index in [1.807, 2.05) is 33.2 Å². The van der Waals surface area contributed by atoms with Crippen LogP contribution in [0.4, 0.5) is 4.79 Å². The van der Waals surface area contributed by atoms with Gasteiger partial charge in [0.2, 0.25) is 0 Å². The summed E-state index contributed by atoms with van der Waals surface area (Å²) in [4.78, 5) is 15.1. The Morgan fingerprint density at radius 3 is 2.85 bits per heavy atom. The Balaban J connectivity index is 2.03. The van der Waals surface area contributed by atoms with Crippen molar-refractivity contribution in [3.63, 3.8) is 0 Å². The monoisotopic (exact) mass is 297 g/mol. The lowest BCUT2D eigenvalue weighted by Crippen LogP contribution is -2.43. The molecule has 0 saturated carbocycles. The van der Waals surface area contributed by atoms with Crippen molar-refractivity contribution >= 4 is 17.4 Å². The summed E-state index contributed by atoms with van der Waals surface area (Å²) >= 11 is 1.68. The first kappa shape index (κ1) is 15.3. The van der Waals surface area contributed by atoms with Crippen LogP contribution in [0.3, 0.4) is 0 Å². The average Bonchev–Trinajstić information content (AvgIpc) is 2.77. The van der Waals surface area contributed by atoms with Gasteiger partial charge in [-0.3, -0.25) is 0 Å². The van der Waals surface area contributed by atoms with Gasteiger partial charge >= 0.3 is 6.09 Å². The number of likely N-dealkylation sites (N-methyl/N-ethyl adjacent to an activating group) is 1. The molecule has 1 aliphatic carbocycles. The fraction of sp³-hybridized carbons (Fsp3) is 0.667. The number of fused-ring (bicyclic) bond motifs is 1. The largest absolute Gasteiger partial charge is 0.444 e. The zero-order valence-electron chi connectivity index (χ0n) is 12.6. The Morgan fingerprint density at radius 2 is 2.25 bits per heavy atom. The van der Waals surface area contributed by atoms with Crippen LogP contribution in [-0.4, -0.2) is 34.8 Å². The SMILES string of the molecule is CN(C(=O)OC(C)(C)C)C1CCc2c(CO)csc2C1. The summed E-state index contributed by atoms with van der Waals surface area (Å²) in [6, 6.07) is 0.183. The lowest BCUT2D eigenvalue weighted by atomic mass is 9.91. The first-order valence-corrected chi connectivity index (χ1v) is 7.84. The summed E-state index contributed by atoms with van der Waals surface area (Å²) in [6.45, 7) is 5.75. The highest BCUT2D eigenvalue weighted by Gasteiger charge is 2.29. The molecule has 1 aromatic heterocycles. The molecule has 0 aliphatic heterocycles. The molecule has 112 valence electrons. The molecular formula is C15H23NO3S. The normalized spacial score (nSPS) is 18.6. The lowest BCUT2D eigenvalue weighted by Gasteiger charge is -2.33. The van der Waals surface area contributed by atoms with E-state index in [2.05, 4.69) is 0 Å². The van der Waals surface area contributed by atoms with Crippen LogP contribution in [0.1, 0.15) is 43.2 Å². The molecule has 0 fully saturated rings. The molecule has 1 heterocycles. The third kappa shape index (κ3) is 3.33. The van der Waals surface area contributed by atoms with Crippen LogP contribution in [0.15, 0.2) is 5.38 Å². The Morgan fingerprint density at radius 1 is 1.55 bits per heavy atom. The van der Waals surface area contributed by atoms with Crippen LogP contribution in [0, 0.1) is 0 Å². The number of hydrogen-bond acceptors (Lipinski definition) is 4. The molecule has 1 N–H and O–H groups in total. The molecule has 1 amide bonds. The van der Waals surface area contributed by atoms with Crippen molar-refractivity contribution in [2.75, 3.05) is 7.05 Å². The number of hydrogen-bond donors (Lipinski definition) is 1. The third-order valence-corrected chi connectivity index (χ3v) is 4.72. The average molecular weight is 297 g/mol. The summed E-state index contributed by atoms with van der Waals surface area (Å²) < 4.78 is 5.42. The minimum absolute atomic E-state index is 0.110. The van der Waals surface area contributed by atoms with Gasteiger partial charge in [0, 0.05) is 24.4 Å². The van der Waals surface area contributed by atoms with Gasteiger partial charge in [-0.15, -0.1) is 11.3 Å². The van der Waals surface area contributed by atoms with Crippen molar-refractivity contribution in [1.29, 1.82) is 0 Å². The van der Waals surface area contributed by atoms with Crippen molar-refractivity contribution in [2.45, 2.75) is 58.3 Å². The van der Waals surface area contributed by atoms with E-state index in [1.165, 1.54) is 10.4 Å². The van der Waals surface area contributed by atoms with Gasteiger partial charge in [-0.2, -0.15) is 0 Å². The highest BCUT2D eigenvalue weighted by molar-refractivity contribution is 7.10. The molecule has 2 rings (SSSR count). The summed E-state index contributed by atoms with van der Waals surface area (Å²) in [5.41, 5.74) is 1.87. The van der Waals surface area contributed by atoms with Gasteiger partial charge in [-0.25, -0.2) is 4.79 Å². The molecule has 0 aromatic carbocycles. The lowest BCUT2D eigenvalue weighted by molar-refractivity contribution is 0.0211. The van der Waals surface area contributed by atoms with E-state index in [0.717, 1.165) is 24.8 Å². The van der Waals surface area contributed by atoms with Crippen LogP contribution >= 0.6 is 11.3 Å². The topological polar surface area (TPSA) is 49.8 Å². The second-order valence-electron chi connectivity index (χ2n) is 6.31. The number of aliphatic hydroxyl groups excluding tert-OH is 1. The van der Waals surface area contributed by atoms with Crippen LogP contribution in [0.2, 0.25) is 0 Å². The van der Waals surface area contributed by atoms with Crippen molar-refractivity contribution in [1.82, 2.24) is 4.90 Å². The van der Waals surface area contributed by atoms with Crippen molar-refractivity contribution in [2.24, 2.45) is 0 Å². The first-order valence-electron chi connectivity index (χ1n) is 6.96. The maximum atomic E-state index is 12.1. The molecule has 1 aliphatic rings. The zero-order chi connectivity index (χ0) is 14.9. The van der Waals surface area contributed by atoms with E-state index in [-0.39, 0.29) is 18.7 Å². The molecule has 5 heteroatoms. The van der Waals surface area contributed by atoms with Gasteiger partial charge in [0.1, 0.15) is 5.60 Å². The molecular weight excluding hydrogens is 274 g/mol. The molecule has 0 bridgehead atoms. The van der Waals surface area contributed by atoms with Crippen LogP contribution in [0.25, 0.3) is 0 Å². The van der Waals surface area contributed by atoms with Gasteiger partial charge in [0.05, 0.1) is 6.61 Å². The number of ether oxygens (including phenoxy) is 1. The van der Waals surface area contributed by atoms with E-state index >= 15 is 0 Å². The Kier molecular flexibility index (Phi) is 4.39. The second-order valence-corrected chi connectivity index (χ2v) is 7.27. The van der Waals surface area contributed by atoms with Gasteiger partial charge in [-0.1, -0.05) is 0 Å². The Labute approximate surface area is 124 Å². The van der Waals surface area contributed by atoms with Crippen LogP contribution in [-0.2, 0) is 24.2 Å². The van der Waals surface area contributed by atoms with E-state index in [4.69, 9.17) is 4.74 Å². The van der Waals surface area contributed by atoms with E-state index in [0.29, 0.717) is 0 Å². The molecule has 1 atom stereocenters. The Hall–Kier alpha value is -1.07. The quantitative estimate of drug-likeness (QED) is 0.913. The number of thiophene rings is 1. The smallest absolute Gasteiger partial charge is 0.410 e. The summed E-state index contributed by atoms with van der Waals surface area (Å²) in [5, 5.41) is 11.3. The zero-order valence-corrected chi connectivity index (χ0v) is 13.4. The van der Waals surface area contributed by atoms with Crippen molar-refractivity contribution < 1.29 is 14.6 Å². The minimum Gasteiger partial charge on any atom is -0.444 e. The summed E-state index contributed by atoms with van der Waals surface area (Å²) in [6.07, 6.45) is 2.44. The van der Waals surface area contributed by atoms with E-state index in [9.17, 15) is 9.90 Å². The highest BCUT2D eigenvalue weighted by Crippen LogP contribution is 2.32. The Bertz CT molecular complexity index is 490. The highest BCUT2D eigenvalue weighted by atomic mass is 32.1. The third-order valence-electron chi connectivity index (χ3n) is 3.62. The fourth-order valence-corrected chi connectivity index (χ4v) is 3.67. The fourth-order valence-electron chi connectivity index (χ4n) is 2.51. The molecule has 4 nitrogen and oxygen atoms in total. The van der Waals surface area contributed by atoms with E-state index < -0.39 is 5.60 Å². The van der Waals surface area contributed by atoms with Crippen LogP contribution in [0.5, 0.6) is 0 Å².